The van der Waals surface area contributed by atoms with Crippen molar-refractivity contribution in [3.8, 4) is 0 Å². The molecule has 1 atom stereocenters. The van der Waals surface area contributed by atoms with Gasteiger partial charge in [-0.15, -0.1) is 0 Å². The van der Waals surface area contributed by atoms with Crippen molar-refractivity contribution < 1.29 is 9.90 Å². The Morgan fingerprint density at radius 2 is 2.47 bits per heavy atom. The van der Waals surface area contributed by atoms with E-state index in [4.69, 9.17) is 0 Å². The van der Waals surface area contributed by atoms with E-state index in [1.807, 2.05) is 21.7 Å². The molecule has 2 rings (SSSR count). The van der Waals surface area contributed by atoms with E-state index in [-0.39, 0.29) is 18.1 Å². The summed E-state index contributed by atoms with van der Waals surface area (Å²) in [5.74, 6) is 0.0752. The first kappa shape index (κ1) is 12.6. The van der Waals surface area contributed by atoms with Crippen molar-refractivity contribution in [2.24, 2.45) is 0 Å². The van der Waals surface area contributed by atoms with Gasteiger partial charge in [0.25, 0.3) is 5.91 Å². The van der Waals surface area contributed by atoms with Crippen LogP contribution in [0.5, 0.6) is 0 Å². The first-order valence-electron chi connectivity index (χ1n) is 6.18. The lowest BCUT2D eigenvalue weighted by Gasteiger charge is -2.37. The molecule has 2 heterocycles. The second-order valence-corrected chi connectivity index (χ2v) is 5.48. The molecule has 1 N–H and O–H groups in total. The Morgan fingerprint density at radius 1 is 1.65 bits per heavy atom. The van der Waals surface area contributed by atoms with E-state index in [0.29, 0.717) is 0 Å². The largest absolute Gasteiger partial charge is 0.394 e. The molecule has 0 unspecified atom stereocenters. The Kier molecular flexibility index (Phi) is 3.84. The fraction of sp³-hybridized carbons (Fsp3) is 0.615. The molecule has 0 saturated carbocycles. The predicted octanol–water partition coefficient (Wildman–Crippen LogP) is 2.52. The van der Waals surface area contributed by atoms with Crippen LogP contribution in [-0.4, -0.2) is 34.6 Å². The average molecular weight is 253 g/mol. The van der Waals surface area contributed by atoms with Gasteiger partial charge in [0, 0.05) is 11.9 Å². The molecule has 3 nitrogen and oxygen atoms in total. The smallest absolute Gasteiger partial charge is 0.255 e. The summed E-state index contributed by atoms with van der Waals surface area (Å²) >= 11 is 1.54. The topological polar surface area (TPSA) is 40.5 Å². The molecule has 1 aromatic rings. The number of hydrogen-bond acceptors (Lipinski definition) is 3. The number of aliphatic hydroxyl groups is 1. The third kappa shape index (κ3) is 2.24. The molecule has 1 fully saturated rings. The minimum atomic E-state index is -0.312. The minimum absolute atomic E-state index is 0.0752. The molecule has 1 aliphatic rings. The highest BCUT2D eigenvalue weighted by molar-refractivity contribution is 7.08. The van der Waals surface area contributed by atoms with Crippen molar-refractivity contribution in [2.45, 2.75) is 38.1 Å². The van der Waals surface area contributed by atoms with Gasteiger partial charge < -0.3 is 10.0 Å². The summed E-state index contributed by atoms with van der Waals surface area (Å²) in [6.45, 7) is 2.95. The lowest BCUT2D eigenvalue weighted by molar-refractivity contribution is 0.0377. The van der Waals surface area contributed by atoms with E-state index in [2.05, 4.69) is 6.92 Å². The summed E-state index contributed by atoms with van der Waals surface area (Å²) in [6.07, 6.45) is 3.80. The standard InChI is InChI=1S/C13H19NO2S/c1-2-5-13(10-15)6-3-7-14(13)12(16)11-4-8-17-9-11/h4,8-9,15H,2-3,5-7,10H2,1H3/t13-/m0/s1. The summed E-state index contributed by atoms with van der Waals surface area (Å²) in [4.78, 5) is 14.3. The highest BCUT2D eigenvalue weighted by Gasteiger charge is 2.42. The van der Waals surface area contributed by atoms with Crippen LogP contribution in [-0.2, 0) is 0 Å². The molecular weight excluding hydrogens is 234 g/mol. The van der Waals surface area contributed by atoms with Gasteiger partial charge in [-0.2, -0.15) is 11.3 Å². The summed E-state index contributed by atoms with van der Waals surface area (Å²) in [5, 5.41) is 13.5. The molecule has 1 saturated heterocycles. The maximum Gasteiger partial charge on any atom is 0.255 e. The van der Waals surface area contributed by atoms with Crippen LogP contribution in [0, 0.1) is 0 Å². The third-order valence-corrected chi connectivity index (χ3v) is 4.30. The fourth-order valence-electron chi connectivity index (χ4n) is 2.77. The molecule has 4 heteroatoms. The van der Waals surface area contributed by atoms with Gasteiger partial charge in [0.05, 0.1) is 17.7 Å². The Balaban J connectivity index is 2.21. The Hall–Kier alpha value is -0.870. The van der Waals surface area contributed by atoms with Crippen molar-refractivity contribution in [3.63, 3.8) is 0 Å². The van der Waals surface area contributed by atoms with Gasteiger partial charge in [-0.3, -0.25) is 4.79 Å². The van der Waals surface area contributed by atoms with E-state index < -0.39 is 0 Å². The molecule has 0 aliphatic carbocycles. The van der Waals surface area contributed by atoms with E-state index in [1.165, 1.54) is 11.3 Å². The molecule has 0 aromatic carbocycles. The predicted molar refractivity (Wildman–Crippen MR) is 69.3 cm³/mol. The molecule has 0 spiro atoms. The summed E-state index contributed by atoms with van der Waals surface area (Å²) in [7, 11) is 0. The van der Waals surface area contributed by atoms with E-state index in [9.17, 15) is 9.90 Å². The van der Waals surface area contributed by atoms with Gasteiger partial charge in [-0.05, 0) is 30.7 Å². The monoisotopic (exact) mass is 253 g/mol. The fourth-order valence-corrected chi connectivity index (χ4v) is 3.40. The quantitative estimate of drug-likeness (QED) is 0.895. The van der Waals surface area contributed by atoms with Crippen molar-refractivity contribution in [1.82, 2.24) is 4.90 Å². The van der Waals surface area contributed by atoms with Crippen molar-refractivity contribution >= 4 is 17.2 Å². The van der Waals surface area contributed by atoms with Gasteiger partial charge >= 0.3 is 0 Å². The summed E-state index contributed by atoms with van der Waals surface area (Å²) in [6, 6.07) is 1.86. The number of carbonyl (C=O) groups excluding carboxylic acids is 1. The maximum absolute atomic E-state index is 12.4. The number of aliphatic hydroxyl groups excluding tert-OH is 1. The molecule has 1 aromatic heterocycles. The van der Waals surface area contributed by atoms with Crippen LogP contribution in [0.25, 0.3) is 0 Å². The van der Waals surface area contributed by atoms with Gasteiger partial charge in [0.1, 0.15) is 0 Å². The zero-order valence-corrected chi connectivity index (χ0v) is 11.0. The van der Waals surface area contributed by atoms with Gasteiger partial charge in [0.15, 0.2) is 0 Å². The molecule has 94 valence electrons. The van der Waals surface area contributed by atoms with Gasteiger partial charge in [0.2, 0.25) is 0 Å². The number of amides is 1. The zero-order valence-electron chi connectivity index (χ0n) is 10.2. The van der Waals surface area contributed by atoms with Crippen LogP contribution in [0.15, 0.2) is 16.8 Å². The van der Waals surface area contributed by atoms with Crippen LogP contribution in [0.4, 0.5) is 0 Å². The molecular formula is C13H19NO2S. The first-order chi connectivity index (χ1) is 8.23. The summed E-state index contributed by atoms with van der Waals surface area (Å²) in [5.41, 5.74) is 0.444. The number of rotatable bonds is 4. The number of hydrogen-bond donors (Lipinski definition) is 1. The minimum Gasteiger partial charge on any atom is -0.394 e. The Bertz CT molecular complexity index is 377. The van der Waals surface area contributed by atoms with Gasteiger partial charge in [-0.25, -0.2) is 0 Å². The van der Waals surface area contributed by atoms with Crippen LogP contribution >= 0.6 is 11.3 Å². The Morgan fingerprint density at radius 3 is 3.06 bits per heavy atom. The zero-order chi connectivity index (χ0) is 12.3. The van der Waals surface area contributed by atoms with Crippen LogP contribution in [0.3, 0.4) is 0 Å². The average Bonchev–Trinajstić information content (AvgIpc) is 2.98. The molecule has 0 radical (unpaired) electrons. The molecule has 0 bridgehead atoms. The molecule has 1 aliphatic heterocycles. The lowest BCUT2D eigenvalue weighted by atomic mass is 9.91. The van der Waals surface area contributed by atoms with Crippen molar-refractivity contribution in [2.75, 3.05) is 13.2 Å². The van der Waals surface area contributed by atoms with Crippen LogP contribution < -0.4 is 0 Å². The van der Waals surface area contributed by atoms with Crippen molar-refractivity contribution in [3.05, 3.63) is 22.4 Å². The van der Waals surface area contributed by atoms with Crippen molar-refractivity contribution in [1.29, 1.82) is 0 Å². The van der Waals surface area contributed by atoms with Gasteiger partial charge in [-0.1, -0.05) is 13.3 Å². The molecule has 17 heavy (non-hydrogen) atoms. The third-order valence-electron chi connectivity index (χ3n) is 3.62. The number of nitrogens with zero attached hydrogens (tertiary/aromatic N) is 1. The normalized spacial score (nSPS) is 24.2. The highest BCUT2D eigenvalue weighted by Crippen LogP contribution is 2.34. The SMILES string of the molecule is CCC[C@@]1(CO)CCCN1C(=O)c1ccsc1. The Labute approximate surface area is 106 Å². The molecule has 1 amide bonds. The van der Waals surface area contributed by atoms with E-state index in [0.717, 1.165) is 37.8 Å². The first-order valence-corrected chi connectivity index (χ1v) is 7.13. The number of likely N-dealkylation sites (tertiary alicyclic amines) is 1. The number of carbonyl (C=O) groups is 1. The van der Waals surface area contributed by atoms with Crippen LogP contribution in [0.2, 0.25) is 0 Å². The maximum atomic E-state index is 12.4. The summed E-state index contributed by atoms with van der Waals surface area (Å²) < 4.78 is 0. The highest BCUT2D eigenvalue weighted by atomic mass is 32.1. The second-order valence-electron chi connectivity index (χ2n) is 4.70. The van der Waals surface area contributed by atoms with Crippen LogP contribution in [0.1, 0.15) is 43.0 Å². The lowest BCUT2D eigenvalue weighted by Crippen LogP contribution is -2.49. The number of thiophene rings is 1. The van der Waals surface area contributed by atoms with E-state index >= 15 is 0 Å². The second kappa shape index (κ2) is 5.19. The van der Waals surface area contributed by atoms with E-state index in [1.54, 1.807) is 0 Å².